The first-order valence-corrected chi connectivity index (χ1v) is 7.33. The maximum atomic E-state index is 12.3. The third-order valence-electron chi connectivity index (χ3n) is 3.78. The Morgan fingerprint density at radius 1 is 1.45 bits per heavy atom. The molecule has 1 aromatic rings. The van der Waals surface area contributed by atoms with Crippen LogP contribution in [0.25, 0.3) is 0 Å². The number of ether oxygens (including phenoxy) is 1. The fraction of sp³-hybridized carbons (Fsp3) is 0.562. The van der Waals surface area contributed by atoms with Gasteiger partial charge in [0.15, 0.2) is 0 Å². The Morgan fingerprint density at radius 2 is 2.25 bits per heavy atom. The molecule has 1 heterocycles. The summed E-state index contributed by atoms with van der Waals surface area (Å²) < 4.78 is 5.11. The highest BCUT2D eigenvalue weighted by Crippen LogP contribution is 2.19. The van der Waals surface area contributed by atoms with Crippen LogP contribution in [0.4, 0.5) is 10.5 Å². The molecule has 20 heavy (non-hydrogen) atoms. The zero-order chi connectivity index (χ0) is 14.4. The van der Waals surface area contributed by atoms with E-state index >= 15 is 0 Å². The SMILES string of the molecule is COCCc1ccccc1NC(=O)N1CCCC(C)C1. The van der Waals surface area contributed by atoms with Gasteiger partial charge < -0.3 is 15.0 Å². The summed E-state index contributed by atoms with van der Waals surface area (Å²) in [6, 6.07) is 7.94. The van der Waals surface area contributed by atoms with Crippen LogP contribution in [-0.4, -0.2) is 37.7 Å². The first-order valence-electron chi connectivity index (χ1n) is 7.33. The van der Waals surface area contributed by atoms with Gasteiger partial charge in [0.05, 0.1) is 6.61 Å². The lowest BCUT2D eigenvalue weighted by molar-refractivity contribution is 0.182. The molecule has 1 aromatic carbocycles. The molecule has 1 aliphatic rings. The van der Waals surface area contributed by atoms with E-state index in [1.165, 1.54) is 6.42 Å². The van der Waals surface area contributed by atoms with Gasteiger partial charge in [0, 0.05) is 25.9 Å². The number of methoxy groups -OCH3 is 1. The Balaban J connectivity index is 1.99. The summed E-state index contributed by atoms with van der Waals surface area (Å²) in [6.07, 6.45) is 3.12. The average molecular weight is 276 g/mol. The van der Waals surface area contributed by atoms with Gasteiger partial charge in [-0.3, -0.25) is 0 Å². The van der Waals surface area contributed by atoms with Crippen molar-refractivity contribution >= 4 is 11.7 Å². The number of anilines is 1. The Hall–Kier alpha value is -1.55. The minimum Gasteiger partial charge on any atom is -0.384 e. The Labute approximate surface area is 121 Å². The van der Waals surface area contributed by atoms with Crippen molar-refractivity contribution in [2.75, 3.05) is 32.1 Å². The average Bonchev–Trinajstić information content (AvgIpc) is 2.46. The molecule has 1 fully saturated rings. The fourth-order valence-electron chi connectivity index (χ4n) is 2.64. The van der Waals surface area contributed by atoms with Crippen LogP contribution < -0.4 is 5.32 Å². The second kappa shape index (κ2) is 7.29. The maximum absolute atomic E-state index is 12.3. The van der Waals surface area contributed by atoms with Crippen molar-refractivity contribution in [3.63, 3.8) is 0 Å². The van der Waals surface area contributed by atoms with E-state index in [-0.39, 0.29) is 6.03 Å². The van der Waals surface area contributed by atoms with Gasteiger partial charge in [-0.2, -0.15) is 0 Å². The van der Waals surface area contributed by atoms with E-state index in [0.717, 1.165) is 37.2 Å². The van der Waals surface area contributed by atoms with Gasteiger partial charge in [0.2, 0.25) is 0 Å². The monoisotopic (exact) mass is 276 g/mol. The van der Waals surface area contributed by atoms with Crippen LogP contribution in [0, 0.1) is 5.92 Å². The molecule has 2 amide bonds. The van der Waals surface area contributed by atoms with Crippen LogP contribution in [0.3, 0.4) is 0 Å². The molecule has 1 atom stereocenters. The molecule has 0 radical (unpaired) electrons. The van der Waals surface area contributed by atoms with Gasteiger partial charge in [-0.1, -0.05) is 25.1 Å². The Bertz CT molecular complexity index is 448. The van der Waals surface area contributed by atoms with Crippen LogP contribution in [0.5, 0.6) is 0 Å². The van der Waals surface area contributed by atoms with E-state index in [9.17, 15) is 4.79 Å². The first-order chi connectivity index (χ1) is 9.70. The molecule has 4 nitrogen and oxygen atoms in total. The van der Waals surface area contributed by atoms with Crippen LogP contribution in [-0.2, 0) is 11.2 Å². The molecule has 1 saturated heterocycles. The molecule has 1 aliphatic heterocycles. The smallest absolute Gasteiger partial charge is 0.321 e. The number of hydrogen-bond donors (Lipinski definition) is 1. The molecule has 1 N–H and O–H groups in total. The normalized spacial score (nSPS) is 18.9. The lowest BCUT2D eigenvalue weighted by Gasteiger charge is -2.31. The van der Waals surface area contributed by atoms with Crippen LogP contribution >= 0.6 is 0 Å². The van der Waals surface area contributed by atoms with E-state index in [0.29, 0.717) is 12.5 Å². The number of carbonyl (C=O) groups is 1. The molecule has 2 rings (SSSR count). The molecule has 0 aliphatic carbocycles. The van der Waals surface area contributed by atoms with E-state index in [1.807, 2.05) is 29.2 Å². The summed E-state index contributed by atoms with van der Waals surface area (Å²) in [5, 5.41) is 3.04. The fourth-order valence-corrected chi connectivity index (χ4v) is 2.64. The lowest BCUT2D eigenvalue weighted by atomic mass is 10.0. The topological polar surface area (TPSA) is 41.6 Å². The van der Waals surface area contributed by atoms with Gasteiger partial charge in [0.1, 0.15) is 0 Å². The maximum Gasteiger partial charge on any atom is 0.321 e. The highest BCUT2D eigenvalue weighted by molar-refractivity contribution is 5.90. The standard InChI is InChI=1S/C16H24N2O2/c1-13-6-5-10-18(12-13)16(19)17-15-8-4-3-7-14(15)9-11-20-2/h3-4,7-8,13H,5-6,9-12H2,1-2H3,(H,17,19). The second-order valence-electron chi connectivity index (χ2n) is 5.52. The Morgan fingerprint density at radius 3 is 3.00 bits per heavy atom. The second-order valence-corrected chi connectivity index (χ2v) is 5.52. The number of nitrogens with zero attached hydrogens (tertiary/aromatic N) is 1. The summed E-state index contributed by atoms with van der Waals surface area (Å²) >= 11 is 0. The van der Waals surface area contributed by atoms with E-state index in [4.69, 9.17) is 4.74 Å². The number of benzene rings is 1. The minimum atomic E-state index is 0.0152. The largest absolute Gasteiger partial charge is 0.384 e. The number of amides is 2. The quantitative estimate of drug-likeness (QED) is 0.918. The molecule has 0 bridgehead atoms. The molecule has 0 aromatic heterocycles. The van der Waals surface area contributed by atoms with Crippen molar-refractivity contribution in [2.45, 2.75) is 26.2 Å². The number of urea groups is 1. The van der Waals surface area contributed by atoms with Crippen molar-refractivity contribution in [1.82, 2.24) is 4.90 Å². The number of rotatable bonds is 4. The van der Waals surface area contributed by atoms with E-state index < -0.39 is 0 Å². The summed E-state index contributed by atoms with van der Waals surface area (Å²) in [4.78, 5) is 14.2. The third-order valence-corrected chi connectivity index (χ3v) is 3.78. The minimum absolute atomic E-state index is 0.0152. The van der Waals surface area contributed by atoms with Crippen molar-refractivity contribution in [3.8, 4) is 0 Å². The van der Waals surface area contributed by atoms with Crippen molar-refractivity contribution in [2.24, 2.45) is 5.92 Å². The van der Waals surface area contributed by atoms with Crippen molar-refractivity contribution < 1.29 is 9.53 Å². The number of hydrogen-bond acceptors (Lipinski definition) is 2. The molecular weight excluding hydrogens is 252 g/mol. The highest BCUT2D eigenvalue weighted by atomic mass is 16.5. The predicted octanol–water partition coefficient (Wildman–Crippen LogP) is 3.14. The number of nitrogens with one attached hydrogen (secondary N) is 1. The molecule has 0 saturated carbocycles. The van der Waals surface area contributed by atoms with Gasteiger partial charge >= 0.3 is 6.03 Å². The van der Waals surface area contributed by atoms with Crippen LogP contribution in [0.1, 0.15) is 25.3 Å². The van der Waals surface area contributed by atoms with Crippen molar-refractivity contribution in [3.05, 3.63) is 29.8 Å². The van der Waals surface area contributed by atoms with Crippen LogP contribution in [0.15, 0.2) is 24.3 Å². The number of carbonyl (C=O) groups excluding carboxylic acids is 1. The number of likely N-dealkylation sites (tertiary alicyclic amines) is 1. The molecule has 4 heteroatoms. The number of para-hydroxylation sites is 1. The highest BCUT2D eigenvalue weighted by Gasteiger charge is 2.21. The molecule has 0 spiro atoms. The summed E-state index contributed by atoms with van der Waals surface area (Å²) in [7, 11) is 1.69. The Kier molecular flexibility index (Phi) is 5.41. The zero-order valence-corrected chi connectivity index (χ0v) is 12.4. The van der Waals surface area contributed by atoms with E-state index in [1.54, 1.807) is 7.11 Å². The van der Waals surface area contributed by atoms with Gasteiger partial charge in [-0.05, 0) is 36.8 Å². The zero-order valence-electron chi connectivity index (χ0n) is 12.4. The van der Waals surface area contributed by atoms with Gasteiger partial charge in [-0.15, -0.1) is 0 Å². The van der Waals surface area contributed by atoms with Crippen molar-refractivity contribution in [1.29, 1.82) is 0 Å². The molecule has 1 unspecified atom stereocenters. The first kappa shape index (κ1) is 14.9. The summed E-state index contributed by atoms with van der Waals surface area (Å²) in [5.41, 5.74) is 2.01. The van der Waals surface area contributed by atoms with Gasteiger partial charge in [0.25, 0.3) is 0 Å². The van der Waals surface area contributed by atoms with Gasteiger partial charge in [-0.25, -0.2) is 4.79 Å². The lowest BCUT2D eigenvalue weighted by Crippen LogP contribution is -2.41. The predicted molar refractivity (Wildman–Crippen MR) is 81.0 cm³/mol. The summed E-state index contributed by atoms with van der Waals surface area (Å²) in [5.74, 6) is 0.596. The molecule has 110 valence electrons. The summed E-state index contributed by atoms with van der Waals surface area (Å²) in [6.45, 7) is 4.57. The van der Waals surface area contributed by atoms with E-state index in [2.05, 4.69) is 12.2 Å². The van der Waals surface area contributed by atoms with Crippen LogP contribution in [0.2, 0.25) is 0 Å². The molecular formula is C16H24N2O2. The number of piperidine rings is 1. The third kappa shape index (κ3) is 3.97.